The van der Waals surface area contributed by atoms with Crippen LogP contribution in [-0.2, 0) is 6.54 Å². The van der Waals surface area contributed by atoms with E-state index in [4.69, 9.17) is 4.42 Å². The van der Waals surface area contributed by atoms with Gasteiger partial charge >= 0.3 is 6.01 Å². The maximum atomic E-state index is 12.4. The van der Waals surface area contributed by atoms with Crippen molar-refractivity contribution in [2.24, 2.45) is 0 Å². The Morgan fingerprint density at radius 1 is 1.07 bits per heavy atom. The van der Waals surface area contributed by atoms with Gasteiger partial charge in [-0.05, 0) is 31.2 Å². The van der Waals surface area contributed by atoms with Gasteiger partial charge in [-0.25, -0.2) is 9.97 Å². The highest BCUT2D eigenvalue weighted by atomic mass is 16.4. The summed E-state index contributed by atoms with van der Waals surface area (Å²) < 4.78 is 5.59. The second-order valence-electron chi connectivity index (χ2n) is 5.81. The number of anilines is 2. The number of oxazole rings is 1. The van der Waals surface area contributed by atoms with Gasteiger partial charge in [0, 0.05) is 12.4 Å². The zero-order valence-electron chi connectivity index (χ0n) is 14.5. The number of amides is 1. The summed E-state index contributed by atoms with van der Waals surface area (Å²) in [6.07, 6.45) is 3.16. The normalized spacial score (nSPS) is 10.7. The Bertz CT molecular complexity index is 1060. The number of carbonyl (C=O) groups excluding carboxylic acids is 1. The zero-order chi connectivity index (χ0) is 18.6. The highest BCUT2D eigenvalue weighted by Gasteiger charge is 2.13. The number of fused-ring (bicyclic) bond motifs is 1. The Balaban J connectivity index is 1.46. The minimum Gasteiger partial charge on any atom is -0.423 e. The molecule has 134 valence electrons. The SMILES string of the molecule is Cc1nc(Nc2nc3ccccc3o2)ncc1C(=O)NCc1ccccn1. The summed E-state index contributed by atoms with van der Waals surface area (Å²) in [7, 11) is 0. The number of hydrogen-bond acceptors (Lipinski definition) is 7. The topological polar surface area (TPSA) is 106 Å². The number of hydrogen-bond donors (Lipinski definition) is 2. The molecule has 0 atom stereocenters. The first-order chi connectivity index (χ1) is 13.2. The first kappa shape index (κ1) is 16.6. The molecule has 0 saturated heterocycles. The number of rotatable bonds is 5. The fourth-order valence-corrected chi connectivity index (χ4v) is 2.54. The second-order valence-corrected chi connectivity index (χ2v) is 5.81. The summed E-state index contributed by atoms with van der Waals surface area (Å²) in [5.41, 5.74) is 3.12. The molecule has 8 nitrogen and oxygen atoms in total. The van der Waals surface area contributed by atoms with E-state index in [9.17, 15) is 4.79 Å². The van der Waals surface area contributed by atoms with Crippen molar-refractivity contribution in [1.29, 1.82) is 0 Å². The lowest BCUT2D eigenvalue weighted by Gasteiger charge is -2.08. The van der Waals surface area contributed by atoms with E-state index in [0.717, 1.165) is 11.2 Å². The molecule has 0 bridgehead atoms. The highest BCUT2D eigenvalue weighted by Crippen LogP contribution is 2.20. The molecule has 0 spiro atoms. The van der Waals surface area contributed by atoms with Crippen LogP contribution in [0.1, 0.15) is 21.7 Å². The number of benzene rings is 1. The maximum Gasteiger partial charge on any atom is 0.302 e. The van der Waals surface area contributed by atoms with Gasteiger partial charge < -0.3 is 9.73 Å². The first-order valence-electron chi connectivity index (χ1n) is 8.33. The molecule has 0 aliphatic heterocycles. The lowest BCUT2D eigenvalue weighted by molar-refractivity contribution is 0.0949. The summed E-state index contributed by atoms with van der Waals surface area (Å²) in [4.78, 5) is 29.3. The zero-order valence-corrected chi connectivity index (χ0v) is 14.5. The monoisotopic (exact) mass is 360 g/mol. The van der Waals surface area contributed by atoms with E-state index in [1.807, 2.05) is 42.5 Å². The van der Waals surface area contributed by atoms with Crippen molar-refractivity contribution in [2.45, 2.75) is 13.5 Å². The Labute approximate surface area is 154 Å². The van der Waals surface area contributed by atoms with Gasteiger partial charge in [-0.1, -0.05) is 18.2 Å². The third-order valence-electron chi connectivity index (χ3n) is 3.89. The van der Waals surface area contributed by atoms with Crippen molar-refractivity contribution in [1.82, 2.24) is 25.3 Å². The van der Waals surface area contributed by atoms with Crippen LogP contribution in [0.15, 0.2) is 59.3 Å². The van der Waals surface area contributed by atoms with Gasteiger partial charge in [0.15, 0.2) is 5.58 Å². The van der Waals surface area contributed by atoms with Crippen LogP contribution in [0.25, 0.3) is 11.1 Å². The van der Waals surface area contributed by atoms with Crippen LogP contribution in [0.2, 0.25) is 0 Å². The van der Waals surface area contributed by atoms with E-state index >= 15 is 0 Å². The molecule has 1 aromatic carbocycles. The van der Waals surface area contributed by atoms with Crippen LogP contribution in [-0.4, -0.2) is 25.8 Å². The van der Waals surface area contributed by atoms with Gasteiger partial charge in [0.2, 0.25) is 5.95 Å². The van der Waals surface area contributed by atoms with Crippen molar-refractivity contribution in [3.63, 3.8) is 0 Å². The number of aromatic nitrogens is 4. The van der Waals surface area contributed by atoms with Crippen LogP contribution in [0.4, 0.5) is 12.0 Å². The van der Waals surface area contributed by atoms with E-state index < -0.39 is 0 Å². The number of aryl methyl sites for hydroxylation is 1. The van der Waals surface area contributed by atoms with Crippen LogP contribution >= 0.6 is 0 Å². The molecule has 0 saturated carbocycles. The molecule has 8 heteroatoms. The molecule has 27 heavy (non-hydrogen) atoms. The largest absolute Gasteiger partial charge is 0.423 e. The van der Waals surface area contributed by atoms with E-state index in [-0.39, 0.29) is 5.91 Å². The lowest BCUT2D eigenvalue weighted by Crippen LogP contribution is -2.24. The van der Waals surface area contributed by atoms with E-state index in [2.05, 4.69) is 30.6 Å². The van der Waals surface area contributed by atoms with Crippen molar-refractivity contribution in [2.75, 3.05) is 5.32 Å². The van der Waals surface area contributed by atoms with E-state index in [1.165, 1.54) is 6.20 Å². The molecule has 0 unspecified atom stereocenters. The number of carbonyl (C=O) groups is 1. The molecule has 0 aliphatic rings. The number of nitrogens with zero attached hydrogens (tertiary/aromatic N) is 4. The third-order valence-corrected chi connectivity index (χ3v) is 3.89. The lowest BCUT2D eigenvalue weighted by atomic mass is 10.2. The second kappa shape index (κ2) is 7.20. The van der Waals surface area contributed by atoms with E-state index in [1.54, 1.807) is 13.1 Å². The van der Waals surface area contributed by atoms with Crippen LogP contribution in [0.5, 0.6) is 0 Å². The molecule has 3 heterocycles. The number of pyridine rings is 1. The standard InChI is InChI=1S/C19H16N6O2/c1-12-14(17(26)21-10-13-6-4-5-9-20-13)11-22-18(23-12)25-19-24-15-7-2-3-8-16(15)27-19/h2-9,11H,10H2,1H3,(H,21,26)(H,22,23,24,25). The van der Waals surface area contributed by atoms with Crippen LogP contribution < -0.4 is 10.6 Å². The molecule has 1 amide bonds. The van der Waals surface area contributed by atoms with Gasteiger partial charge in [-0.3, -0.25) is 15.1 Å². The molecule has 0 aliphatic carbocycles. The number of para-hydroxylation sites is 2. The predicted octanol–water partition coefficient (Wildman–Crippen LogP) is 2.99. The predicted molar refractivity (Wildman–Crippen MR) is 99.5 cm³/mol. The molecule has 4 rings (SSSR count). The van der Waals surface area contributed by atoms with Crippen molar-refractivity contribution in [3.8, 4) is 0 Å². The summed E-state index contributed by atoms with van der Waals surface area (Å²) in [5, 5.41) is 5.73. The van der Waals surface area contributed by atoms with Gasteiger partial charge in [0.25, 0.3) is 5.91 Å². The van der Waals surface area contributed by atoms with E-state index in [0.29, 0.717) is 35.3 Å². The molecular weight excluding hydrogens is 344 g/mol. The summed E-state index contributed by atoms with van der Waals surface area (Å²) >= 11 is 0. The first-order valence-corrected chi connectivity index (χ1v) is 8.33. The quantitative estimate of drug-likeness (QED) is 0.563. The third kappa shape index (κ3) is 3.74. The summed E-state index contributed by atoms with van der Waals surface area (Å²) in [6, 6.07) is 13.3. The van der Waals surface area contributed by atoms with Crippen LogP contribution in [0, 0.1) is 6.92 Å². The minimum absolute atomic E-state index is 0.258. The highest BCUT2D eigenvalue weighted by molar-refractivity contribution is 5.94. The van der Waals surface area contributed by atoms with Crippen LogP contribution in [0.3, 0.4) is 0 Å². The Hall–Kier alpha value is -3.81. The molecule has 2 N–H and O–H groups in total. The van der Waals surface area contributed by atoms with Gasteiger partial charge in [-0.15, -0.1) is 0 Å². The van der Waals surface area contributed by atoms with Gasteiger partial charge in [-0.2, -0.15) is 4.98 Å². The average Bonchev–Trinajstić information content (AvgIpc) is 3.09. The summed E-state index contributed by atoms with van der Waals surface area (Å²) in [5.74, 6) is 0.0481. The molecule has 0 fully saturated rings. The summed E-state index contributed by atoms with van der Waals surface area (Å²) in [6.45, 7) is 2.08. The molecular formula is C19H16N6O2. The van der Waals surface area contributed by atoms with Crippen molar-refractivity contribution in [3.05, 3.63) is 71.8 Å². The Kier molecular flexibility index (Phi) is 4.44. The fraction of sp³-hybridized carbons (Fsp3) is 0.105. The fourth-order valence-electron chi connectivity index (χ4n) is 2.54. The number of nitrogens with one attached hydrogen (secondary N) is 2. The molecule has 4 aromatic rings. The Morgan fingerprint density at radius 2 is 1.93 bits per heavy atom. The van der Waals surface area contributed by atoms with Gasteiger partial charge in [0.05, 0.1) is 23.5 Å². The smallest absolute Gasteiger partial charge is 0.302 e. The van der Waals surface area contributed by atoms with Crippen molar-refractivity contribution < 1.29 is 9.21 Å². The van der Waals surface area contributed by atoms with Crippen molar-refractivity contribution >= 4 is 29.0 Å². The Morgan fingerprint density at radius 3 is 2.70 bits per heavy atom. The maximum absolute atomic E-state index is 12.4. The molecule has 3 aromatic heterocycles. The minimum atomic E-state index is -0.258. The average molecular weight is 360 g/mol. The van der Waals surface area contributed by atoms with Gasteiger partial charge in [0.1, 0.15) is 5.52 Å². The molecule has 0 radical (unpaired) electrons.